The molecule has 252 valence electrons. The van der Waals surface area contributed by atoms with Gasteiger partial charge in [-0.1, -0.05) is 146 Å². The number of pyridine rings is 2. The smallest absolute Gasteiger partial charge is 0.160 e. The Bertz CT molecular complexity index is 2800. The minimum atomic E-state index is 0.663. The molecule has 0 spiro atoms. The third-order valence-electron chi connectivity index (χ3n) is 10.2. The second-order valence-corrected chi connectivity index (χ2v) is 13.4. The Morgan fingerprint density at radius 2 is 0.722 bits per heavy atom. The number of rotatable bonds is 6. The van der Waals surface area contributed by atoms with Crippen molar-refractivity contribution in [3.8, 4) is 67.5 Å². The molecule has 10 aromatic rings. The van der Waals surface area contributed by atoms with Crippen LogP contribution in [0.25, 0.3) is 99.9 Å². The normalized spacial score (nSPS) is 11.3. The molecule has 0 unspecified atom stereocenters. The largest absolute Gasteiger partial charge is 0.256 e. The molecule has 7 aromatic carbocycles. The fourth-order valence-corrected chi connectivity index (χ4v) is 7.58. The molecule has 0 amide bonds. The maximum Gasteiger partial charge on any atom is 0.160 e. The number of aromatic nitrogens is 4. The van der Waals surface area contributed by atoms with Crippen molar-refractivity contribution in [2.24, 2.45) is 0 Å². The zero-order valence-electron chi connectivity index (χ0n) is 29.3. The SMILES string of the molecule is c1ccc(-c2ccc(-c3cc(-c4c5ccccc5c(-c5ccc6ccccc6c5)c5ccccc45)nc(-c4ccc(-c5ccccn5)cc4)n3)cc2)nc1. The first-order valence-electron chi connectivity index (χ1n) is 18.1. The van der Waals surface area contributed by atoms with E-state index in [0.29, 0.717) is 5.82 Å². The van der Waals surface area contributed by atoms with E-state index in [1.807, 2.05) is 48.8 Å². The maximum absolute atomic E-state index is 5.37. The van der Waals surface area contributed by atoms with Crippen molar-refractivity contribution in [2.45, 2.75) is 0 Å². The minimum absolute atomic E-state index is 0.663. The number of benzene rings is 7. The van der Waals surface area contributed by atoms with Gasteiger partial charge in [-0.3, -0.25) is 9.97 Å². The van der Waals surface area contributed by atoms with E-state index in [1.54, 1.807) is 0 Å². The molecule has 0 aliphatic carbocycles. The van der Waals surface area contributed by atoms with Crippen LogP contribution in [0.5, 0.6) is 0 Å². The summed E-state index contributed by atoms with van der Waals surface area (Å²) in [5.41, 5.74) is 11.1. The zero-order chi connectivity index (χ0) is 35.8. The molecule has 0 N–H and O–H groups in total. The van der Waals surface area contributed by atoms with E-state index in [4.69, 9.17) is 9.97 Å². The Morgan fingerprint density at radius 1 is 0.278 bits per heavy atom. The van der Waals surface area contributed by atoms with Crippen LogP contribution in [-0.4, -0.2) is 19.9 Å². The first kappa shape index (κ1) is 31.4. The van der Waals surface area contributed by atoms with E-state index in [2.05, 4.69) is 156 Å². The van der Waals surface area contributed by atoms with Gasteiger partial charge in [0.1, 0.15) is 0 Å². The summed E-state index contributed by atoms with van der Waals surface area (Å²) in [6, 6.07) is 63.8. The predicted molar refractivity (Wildman–Crippen MR) is 223 cm³/mol. The molecule has 3 aromatic heterocycles. The third-order valence-corrected chi connectivity index (χ3v) is 10.2. The molecule has 54 heavy (non-hydrogen) atoms. The topological polar surface area (TPSA) is 51.6 Å². The molecule has 0 radical (unpaired) electrons. The van der Waals surface area contributed by atoms with Gasteiger partial charge in [0.2, 0.25) is 0 Å². The van der Waals surface area contributed by atoms with Gasteiger partial charge in [-0.2, -0.15) is 0 Å². The van der Waals surface area contributed by atoms with Crippen molar-refractivity contribution in [3.63, 3.8) is 0 Å². The average molecular weight is 689 g/mol. The fourth-order valence-electron chi connectivity index (χ4n) is 7.58. The second kappa shape index (κ2) is 13.4. The van der Waals surface area contributed by atoms with E-state index < -0.39 is 0 Å². The Balaban J connectivity index is 1.20. The Hall–Kier alpha value is -7.30. The van der Waals surface area contributed by atoms with Crippen molar-refractivity contribution < 1.29 is 0 Å². The van der Waals surface area contributed by atoms with Crippen molar-refractivity contribution in [3.05, 3.63) is 194 Å². The highest BCUT2D eigenvalue weighted by Gasteiger charge is 2.20. The molecule has 0 aliphatic heterocycles. The summed E-state index contributed by atoms with van der Waals surface area (Å²) in [4.78, 5) is 19.7. The first-order chi connectivity index (χ1) is 26.8. The summed E-state index contributed by atoms with van der Waals surface area (Å²) in [5, 5.41) is 7.11. The van der Waals surface area contributed by atoms with Crippen LogP contribution >= 0.6 is 0 Å². The highest BCUT2D eigenvalue weighted by molar-refractivity contribution is 6.21. The van der Waals surface area contributed by atoms with E-state index in [-0.39, 0.29) is 0 Å². The lowest BCUT2D eigenvalue weighted by Gasteiger charge is -2.18. The molecule has 4 heteroatoms. The van der Waals surface area contributed by atoms with Gasteiger partial charge in [-0.15, -0.1) is 0 Å². The van der Waals surface area contributed by atoms with Crippen LogP contribution in [0.2, 0.25) is 0 Å². The zero-order valence-corrected chi connectivity index (χ0v) is 29.3. The predicted octanol–water partition coefficient (Wildman–Crippen LogP) is 12.7. The summed E-state index contributed by atoms with van der Waals surface area (Å²) in [7, 11) is 0. The van der Waals surface area contributed by atoms with Gasteiger partial charge in [-0.25, -0.2) is 9.97 Å². The van der Waals surface area contributed by atoms with Gasteiger partial charge >= 0.3 is 0 Å². The lowest BCUT2D eigenvalue weighted by atomic mass is 9.86. The fraction of sp³-hybridized carbons (Fsp3) is 0. The summed E-state index contributed by atoms with van der Waals surface area (Å²) < 4.78 is 0. The van der Waals surface area contributed by atoms with Crippen LogP contribution in [0.1, 0.15) is 0 Å². The Kier molecular flexibility index (Phi) is 7.77. The average Bonchev–Trinajstić information content (AvgIpc) is 3.26. The third kappa shape index (κ3) is 5.67. The van der Waals surface area contributed by atoms with Gasteiger partial charge in [0.05, 0.1) is 22.8 Å². The quantitative estimate of drug-likeness (QED) is 0.163. The number of hydrogen-bond donors (Lipinski definition) is 0. The lowest BCUT2D eigenvalue weighted by molar-refractivity contribution is 1.19. The van der Waals surface area contributed by atoms with Crippen LogP contribution in [0.3, 0.4) is 0 Å². The van der Waals surface area contributed by atoms with Gasteiger partial charge in [-0.05, 0) is 79.8 Å². The molecule has 0 bridgehead atoms. The summed E-state index contributed by atoms with van der Waals surface area (Å²) in [6.45, 7) is 0. The van der Waals surface area contributed by atoms with Gasteiger partial charge in [0.15, 0.2) is 5.82 Å². The highest BCUT2D eigenvalue weighted by Crippen LogP contribution is 2.44. The number of nitrogens with zero attached hydrogens (tertiary/aromatic N) is 4. The van der Waals surface area contributed by atoms with Crippen molar-refractivity contribution in [1.82, 2.24) is 19.9 Å². The monoisotopic (exact) mass is 688 g/mol. The second-order valence-electron chi connectivity index (χ2n) is 13.4. The summed E-state index contributed by atoms with van der Waals surface area (Å²) in [6.07, 6.45) is 3.65. The van der Waals surface area contributed by atoms with Gasteiger partial charge < -0.3 is 0 Å². The van der Waals surface area contributed by atoms with Crippen LogP contribution in [-0.2, 0) is 0 Å². The molecule has 0 aliphatic rings. The molecule has 10 rings (SSSR count). The molecule has 0 saturated carbocycles. The number of fused-ring (bicyclic) bond motifs is 3. The highest BCUT2D eigenvalue weighted by atomic mass is 14.9. The lowest BCUT2D eigenvalue weighted by Crippen LogP contribution is -1.98. The van der Waals surface area contributed by atoms with Crippen LogP contribution in [0.4, 0.5) is 0 Å². The van der Waals surface area contributed by atoms with Crippen LogP contribution < -0.4 is 0 Å². The van der Waals surface area contributed by atoms with Gasteiger partial charge in [0, 0.05) is 40.2 Å². The number of hydrogen-bond acceptors (Lipinski definition) is 4. The van der Waals surface area contributed by atoms with E-state index in [0.717, 1.165) is 61.4 Å². The van der Waals surface area contributed by atoms with Crippen molar-refractivity contribution in [2.75, 3.05) is 0 Å². The molecular weight excluding hydrogens is 657 g/mol. The molecule has 3 heterocycles. The molecule has 0 fully saturated rings. The molecule has 4 nitrogen and oxygen atoms in total. The Morgan fingerprint density at radius 3 is 1.28 bits per heavy atom. The first-order valence-corrected chi connectivity index (χ1v) is 18.1. The minimum Gasteiger partial charge on any atom is -0.256 e. The van der Waals surface area contributed by atoms with E-state index >= 15 is 0 Å². The molecular formula is C50H32N4. The van der Waals surface area contributed by atoms with E-state index in [1.165, 1.54) is 32.7 Å². The standard InChI is InChI=1S/C50H32N4/c1-2-12-38-31-39(28-19-33(38)11-1)48-40-13-3-5-15-42(40)49(43-16-6-4-14-41(43)48)47-32-46(36-22-20-34(21-23-36)44-17-7-9-29-51-44)53-50(54-47)37-26-24-35(25-27-37)45-18-8-10-30-52-45/h1-32H. The van der Waals surface area contributed by atoms with Crippen molar-refractivity contribution in [1.29, 1.82) is 0 Å². The van der Waals surface area contributed by atoms with Crippen molar-refractivity contribution >= 4 is 32.3 Å². The van der Waals surface area contributed by atoms with Crippen LogP contribution in [0.15, 0.2) is 194 Å². The molecule has 0 saturated heterocycles. The summed E-state index contributed by atoms with van der Waals surface area (Å²) in [5.74, 6) is 0.663. The Labute approximate surface area is 313 Å². The van der Waals surface area contributed by atoms with E-state index in [9.17, 15) is 0 Å². The molecule has 0 atom stereocenters. The van der Waals surface area contributed by atoms with Gasteiger partial charge in [0.25, 0.3) is 0 Å². The summed E-state index contributed by atoms with van der Waals surface area (Å²) >= 11 is 0. The van der Waals surface area contributed by atoms with Crippen LogP contribution in [0, 0.1) is 0 Å². The maximum atomic E-state index is 5.37.